The van der Waals surface area contributed by atoms with Gasteiger partial charge in [-0.15, -0.1) is 11.3 Å². The second kappa shape index (κ2) is 11.1. The monoisotopic (exact) mass is 489 g/mol. The van der Waals surface area contributed by atoms with Crippen LogP contribution in [0.3, 0.4) is 0 Å². The molecule has 1 saturated heterocycles. The highest BCUT2D eigenvalue weighted by Gasteiger charge is 2.27. The standard InChI is InChI=1S/C22H27N5O6S/c1-4-33-22(30)18-14(2)19(20(29)23-3)34-21(18)24-17(28)13-25-9-11-26(12-10-25)15-5-7-16(8-6-15)27(31)32/h5-8H,4,9-13H2,1-3H3,(H,23,29)(H,24,28). The van der Waals surface area contributed by atoms with Crippen molar-refractivity contribution in [1.29, 1.82) is 0 Å². The normalized spacial score (nSPS) is 13.9. The van der Waals surface area contributed by atoms with E-state index in [2.05, 4.69) is 15.5 Å². The summed E-state index contributed by atoms with van der Waals surface area (Å²) < 4.78 is 5.11. The molecule has 11 nitrogen and oxygen atoms in total. The number of nitrogens with one attached hydrogen (secondary N) is 2. The fourth-order valence-electron chi connectivity index (χ4n) is 3.70. The van der Waals surface area contributed by atoms with Gasteiger partial charge >= 0.3 is 5.97 Å². The first-order chi connectivity index (χ1) is 16.2. The van der Waals surface area contributed by atoms with E-state index in [1.54, 1.807) is 26.0 Å². The van der Waals surface area contributed by atoms with Crippen LogP contribution in [0, 0.1) is 17.0 Å². The number of hydrogen-bond donors (Lipinski definition) is 2. The number of nitro groups is 1. The highest BCUT2D eigenvalue weighted by Crippen LogP contribution is 2.34. The van der Waals surface area contributed by atoms with E-state index < -0.39 is 10.9 Å². The number of anilines is 2. The zero-order chi connectivity index (χ0) is 24.8. The fraction of sp³-hybridized carbons (Fsp3) is 0.409. The van der Waals surface area contributed by atoms with E-state index in [0.29, 0.717) is 41.6 Å². The lowest BCUT2D eigenvalue weighted by atomic mass is 10.1. The number of ether oxygens (including phenoxy) is 1. The summed E-state index contributed by atoms with van der Waals surface area (Å²) in [6.45, 7) is 6.23. The van der Waals surface area contributed by atoms with Crippen molar-refractivity contribution in [1.82, 2.24) is 10.2 Å². The minimum atomic E-state index is -0.585. The number of hydrogen-bond acceptors (Lipinski definition) is 9. The Morgan fingerprint density at radius 1 is 1.15 bits per heavy atom. The molecule has 2 amide bonds. The number of nitro benzene ring substituents is 1. The largest absolute Gasteiger partial charge is 0.462 e. The molecule has 2 aromatic rings. The molecule has 12 heteroatoms. The molecule has 2 heterocycles. The average Bonchev–Trinajstić information content (AvgIpc) is 3.14. The van der Waals surface area contributed by atoms with Gasteiger partial charge in [-0.3, -0.25) is 24.6 Å². The number of piperazine rings is 1. The Kier molecular flexibility index (Phi) is 8.18. The zero-order valence-corrected chi connectivity index (χ0v) is 20.1. The molecule has 0 unspecified atom stereocenters. The van der Waals surface area contributed by atoms with Gasteiger partial charge in [-0.05, 0) is 31.5 Å². The quantitative estimate of drug-likeness (QED) is 0.328. The van der Waals surface area contributed by atoms with Crippen molar-refractivity contribution in [2.45, 2.75) is 13.8 Å². The van der Waals surface area contributed by atoms with Crippen LogP contribution in [0.2, 0.25) is 0 Å². The van der Waals surface area contributed by atoms with Crippen molar-refractivity contribution in [2.75, 3.05) is 56.6 Å². The third-order valence-corrected chi connectivity index (χ3v) is 6.68. The number of rotatable bonds is 8. The van der Waals surface area contributed by atoms with Crippen LogP contribution in [0.15, 0.2) is 24.3 Å². The zero-order valence-electron chi connectivity index (χ0n) is 19.3. The van der Waals surface area contributed by atoms with Crippen LogP contribution in [0.25, 0.3) is 0 Å². The number of esters is 1. The van der Waals surface area contributed by atoms with E-state index in [1.165, 1.54) is 19.2 Å². The summed E-state index contributed by atoms with van der Waals surface area (Å²) in [6, 6.07) is 6.40. The van der Waals surface area contributed by atoms with E-state index in [1.807, 2.05) is 4.90 Å². The fourth-order valence-corrected chi connectivity index (χ4v) is 4.86. The second-order valence-electron chi connectivity index (χ2n) is 7.64. The second-order valence-corrected chi connectivity index (χ2v) is 8.67. The SMILES string of the molecule is CCOC(=O)c1c(NC(=O)CN2CCN(c3ccc([N+](=O)[O-])cc3)CC2)sc(C(=O)NC)c1C. The van der Waals surface area contributed by atoms with Crippen molar-refractivity contribution in [2.24, 2.45) is 0 Å². The molecule has 1 aromatic carbocycles. The Hall–Kier alpha value is -3.51. The van der Waals surface area contributed by atoms with Gasteiger partial charge in [0.2, 0.25) is 5.91 Å². The van der Waals surface area contributed by atoms with E-state index in [0.717, 1.165) is 17.0 Å². The van der Waals surface area contributed by atoms with Crippen molar-refractivity contribution in [3.63, 3.8) is 0 Å². The number of nitrogens with zero attached hydrogens (tertiary/aromatic N) is 3. The molecule has 182 valence electrons. The predicted octanol–water partition coefficient (Wildman–Crippen LogP) is 2.26. The van der Waals surface area contributed by atoms with Crippen LogP contribution < -0.4 is 15.5 Å². The van der Waals surface area contributed by atoms with Gasteiger partial charge in [0, 0.05) is 51.0 Å². The molecule has 0 radical (unpaired) electrons. The minimum Gasteiger partial charge on any atom is -0.462 e. The number of benzene rings is 1. The maximum Gasteiger partial charge on any atom is 0.341 e. The molecule has 0 bridgehead atoms. The first kappa shape index (κ1) is 25.1. The minimum absolute atomic E-state index is 0.0460. The highest BCUT2D eigenvalue weighted by atomic mass is 32.1. The number of carbonyl (C=O) groups excluding carboxylic acids is 3. The molecule has 0 spiro atoms. The first-order valence-electron chi connectivity index (χ1n) is 10.8. The predicted molar refractivity (Wildman–Crippen MR) is 129 cm³/mol. The van der Waals surface area contributed by atoms with E-state index in [4.69, 9.17) is 4.74 Å². The third-order valence-electron chi connectivity index (χ3n) is 5.48. The van der Waals surface area contributed by atoms with Crippen molar-refractivity contribution in [3.8, 4) is 0 Å². The number of carbonyl (C=O) groups is 3. The topological polar surface area (TPSA) is 134 Å². The molecular formula is C22H27N5O6S. The lowest BCUT2D eigenvalue weighted by molar-refractivity contribution is -0.384. The maximum absolute atomic E-state index is 12.7. The van der Waals surface area contributed by atoms with Gasteiger partial charge in [0.25, 0.3) is 11.6 Å². The Balaban J connectivity index is 1.62. The lowest BCUT2D eigenvalue weighted by Crippen LogP contribution is -2.48. The molecule has 0 aliphatic carbocycles. The van der Waals surface area contributed by atoms with Crippen molar-refractivity contribution >= 4 is 45.5 Å². The number of thiophene rings is 1. The highest BCUT2D eigenvalue weighted by molar-refractivity contribution is 7.18. The van der Waals surface area contributed by atoms with Gasteiger partial charge in [-0.2, -0.15) is 0 Å². The van der Waals surface area contributed by atoms with E-state index in [9.17, 15) is 24.5 Å². The molecule has 0 saturated carbocycles. The average molecular weight is 490 g/mol. The summed E-state index contributed by atoms with van der Waals surface area (Å²) >= 11 is 1.04. The molecule has 2 N–H and O–H groups in total. The van der Waals surface area contributed by atoms with E-state index >= 15 is 0 Å². The summed E-state index contributed by atoms with van der Waals surface area (Å²) in [5, 5.41) is 16.4. The van der Waals surface area contributed by atoms with Gasteiger partial charge in [0.1, 0.15) is 5.00 Å². The molecule has 1 fully saturated rings. The molecule has 3 rings (SSSR count). The molecule has 34 heavy (non-hydrogen) atoms. The summed E-state index contributed by atoms with van der Waals surface area (Å²) in [5.41, 5.74) is 1.60. The summed E-state index contributed by atoms with van der Waals surface area (Å²) in [6.07, 6.45) is 0. The molecule has 1 aliphatic rings. The van der Waals surface area contributed by atoms with Crippen LogP contribution in [0.4, 0.5) is 16.4 Å². The maximum atomic E-state index is 12.7. The number of amides is 2. The van der Waals surface area contributed by atoms with Crippen LogP contribution in [-0.2, 0) is 9.53 Å². The van der Waals surface area contributed by atoms with Crippen LogP contribution in [0.5, 0.6) is 0 Å². The van der Waals surface area contributed by atoms with Crippen LogP contribution >= 0.6 is 11.3 Å². The summed E-state index contributed by atoms with van der Waals surface area (Å²) in [5.74, 6) is -1.21. The third kappa shape index (κ3) is 5.69. The first-order valence-corrected chi connectivity index (χ1v) is 11.6. The van der Waals surface area contributed by atoms with Crippen LogP contribution in [0.1, 0.15) is 32.5 Å². The number of non-ortho nitro benzene ring substituents is 1. The Morgan fingerprint density at radius 3 is 2.35 bits per heavy atom. The van der Waals surface area contributed by atoms with Crippen molar-refractivity contribution in [3.05, 3.63) is 50.4 Å². The smallest absolute Gasteiger partial charge is 0.341 e. The molecule has 1 aromatic heterocycles. The Labute approximate surface area is 200 Å². The Bertz CT molecular complexity index is 1080. The van der Waals surface area contributed by atoms with Gasteiger partial charge in [0.15, 0.2) is 0 Å². The van der Waals surface area contributed by atoms with E-state index in [-0.39, 0.29) is 36.2 Å². The molecule has 0 atom stereocenters. The Morgan fingerprint density at radius 2 is 1.79 bits per heavy atom. The van der Waals surface area contributed by atoms with Gasteiger partial charge < -0.3 is 20.3 Å². The van der Waals surface area contributed by atoms with Gasteiger partial charge in [-0.1, -0.05) is 0 Å². The summed E-state index contributed by atoms with van der Waals surface area (Å²) in [4.78, 5) is 52.2. The molecule has 1 aliphatic heterocycles. The van der Waals surface area contributed by atoms with Crippen molar-refractivity contribution < 1.29 is 24.0 Å². The summed E-state index contributed by atoms with van der Waals surface area (Å²) in [7, 11) is 1.50. The lowest BCUT2D eigenvalue weighted by Gasteiger charge is -2.35. The van der Waals surface area contributed by atoms with Crippen LogP contribution in [-0.4, -0.2) is 74.0 Å². The van der Waals surface area contributed by atoms with Gasteiger partial charge in [-0.25, -0.2) is 4.79 Å². The molecular weight excluding hydrogens is 462 g/mol. The van der Waals surface area contributed by atoms with Gasteiger partial charge in [0.05, 0.1) is 28.5 Å².